The zero-order valence-electron chi connectivity index (χ0n) is 9.59. The minimum absolute atomic E-state index is 0.425. The van der Waals surface area contributed by atoms with Crippen molar-refractivity contribution in [2.75, 3.05) is 12.0 Å². The maximum atomic E-state index is 5.71. The van der Waals surface area contributed by atoms with E-state index in [1.54, 1.807) is 18.0 Å². The van der Waals surface area contributed by atoms with E-state index < -0.39 is 0 Å². The molecule has 0 saturated carbocycles. The van der Waals surface area contributed by atoms with E-state index in [1.807, 2.05) is 24.3 Å². The lowest BCUT2D eigenvalue weighted by Gasteiger charge is -2.10. The number of nitrogens with zero attached hydrogens (tertiary/aromatic N) is 1. The summed E-state index contributed by atoms with van der Waals surface area (Å²) in [4.78, 5) is 5.20. The summed E-state index contributed by atoms with van der Waals surface area (Å²) in [6.07, 6.45) is 3.70. The van der Waals surface area contributed by atoms with Gasteiger partial charge in [0, 0.05) is 16.7 Å². The normalized spacial score (nSPS) is 10.2. The number of ether oxygens (including phenoxy) is 1. The molecule has 4 heteroatoms. The molecular weight excluding hydrogens is 232 g/mol. The molecule has 1 aromatic carbocycles. The van der Waals surface area contributed by atoms with E-state index in [4.69, 9.17) is 10.5 Å². The van der Waals surface area contributed by atoms with Gasteiger partial charge in [-0.2, -0.15) is 0 Å². The monoisotopic (exact) mass is 246 g/mol. The molecule has 0 unspecified atom stereocenters. The fourth-order valence-electron chi connectivity index (χ4n) is 1.50. The van der Waals surface area contributed by atoms with Gasteiger partial charge in [-0.25, -0.2) is 4.98 Å². The summed E-state index contributed by atoms with van der Waals surface area (Å²) in [5, 5.41) is 0. The number of aromatic nitrogens is 1. The third-order valence-corrected chi connectivity index (χ3v) is 3.21. The van der Waals surface area contributed by atoms with Gasteiger partial charge in [-0.15, -0.1) is 11.8 Å². The quantitative estimate of drug-likeness (QED) is 0.843. The number of pyridine rings is 1. The third kappa shape index (κ3) is 2.91. The highest BCUT2D eigenvalue weighted by Crippen LogP contribution is 2.23. The van der Waals surface area contributed by atoms with Crippen molar-refractivity contribution in [1.82, 2.24) is 4.98 Å². The van der Waals surface area contributed by atoms with Gasteiger partial charge in [-0.1, -0.05) is 18.2 Å². The van der Waals surface area contributed by atoms with Gasteiger partial charge in [0.25, 0.3) is 0 Å². The number of thioether (sulfide) groups is 1. The van der Waals surface area contributed by atoms with Crippen LogP contribution in [0.25, 0.3) is 0 Å². The molecule has 2 aromatic rings. The minimum Gasteiger partial charge on any atom is -0.485 e. The average molecular weight is 246 g/mol. The molecule has 0 saturated heterocycles. The average Bonchev–Trinajstić information content (AvgIpc) is 2.38. The Hall–Kier alpha value is -1.68. The Morgan fingerprint density at radius 2 is 2.06 bits per heavy atom. The van der Waals surface area contributed by atoms with Gasteiger partial charge in [-0.3, -0.25) is 0 Å². The van der Waals surface area contributed by atoms with Crippen LogP contribution < -0.4 is 10.5 Å². The van der Waals surface area contributed by atoms with Crippen LogP contribution in [0.1, 0.15) is 5.56 Å². The molecule has 0 aliphatic heterocycles. The van der Waals surface area contributed by atoms with Gasteiger partial charge in [0.15, 0.2) is 11.6 Å². The Bertz CT molecular complexity index is 502. The number of hydrogen-bond donors (Lipinski definition) is 1. The molecular formula is C13H14N2OS. The highest BCUT2D eigenvalue weighted by molar-refractivity contribution is 7.98. The Labute approximate surface area is 105 Å². The lowest BCUT2D eigenvalue weighted by molar-refractivity contribution is 0.304. The second-order valence-electron chi connectivity index (χ2n) is 3.49. The zero-order chi connectivity index (χ0) is 12.1. The van der Waals surface area contributed by atoms with Crippen molar-refractivity contribution in [2.45, 2.75) is 11.5 Å². The fraction of sp³-hybridized carbons (Fsp3) is 0.154. The van der Waals surface area contributed by atoms with Crippen molar-refractivity contribution in [3.8, 4) is 5.75 Å². The van der Waals surface area contributed by atoms with E-state index in [2.05, 4.69) is 23.4 Å². The van der Waals surface area contributed by atoms with Crippen molar-refractivity contribution < 1.29 is 4.74 Å². The minimum atomic E-state index is 0.425. The summed E-state index contributed by atoms with van der Waals surface area (Å²) in [6.45, 7) is 0.507. The van der Waals surface area contributed by atoms with Crippen LogP contribution in [-0.2, 0) is 6.61 Å². The topological polar surface area (TPSA) is 48.1 Å². The SMILES string of the molecule is CSc1ccccc1COc1cccnc1N. The molecule has 88 valence electrons. The number of anilines is 1. The van der Waals surface area contributed by atoms with Gasteiger partial charge < -0.3 is 10.5 Å². The lowest BCUT2D eigenvalue weighted by Crippen LogP contribution is -2.00. The Morgan fingerprint density at radius 3 is 2.82 bits per heavy atom. The molecule has 2 N–H and O–H groups in total. The van der Waals surface area contributed by atoms with Gasteiger partial charge >= 0.3 is 0 Å². The van der Waals surface area contributed by atoms with Crippen LogP contribution >= 0.6 is 11.8 Å². The first-order valence-corrected chi connectivity index (χ1v) is 6.49. The second-order valence-corrected chi connectivity index (χ2v) is 4.34. The molecule has 0 atom stereocenters. The molecule has 0 spiro atoms. The van der Waals surface area contributed by atoms with Crippen LogP contribution in [0.2, 0.25) is 0 Å². The maximum Gasteiger partial charge on any atom is 0.166 e. The van der Waals surface area contributed by atoms with Crippen molar-refractivity contribution in [3.63, 3.8) is 0 Å². The Balaban J connectivity index is 2.10. The van der Waals surface area contributed by atoms with Crippen molar-refractivity contribution in [2.24, 2.45) is 0 Å². The van der Waals surface area contributed by atoms with Crippen LogP contribution in [0.3, 0.4) is 0 Å². The standard InChI is InChI=1S/C13H14N2OS/c1-17-12-7-3-2-5-10(12)9-16-11-6-4-8-15-13(11)14/h2-8H,9H2,1H3,(H2,14,15). The first-order chi connectivity index (χ1) is 8.31. The number of hydrogen-bond acceptors (Lipinski definition) is 4. The van der Waals surface area contributed by atoms with Crippen LogP contribution in [0.15, 0.2) is 47.5 Å². The summed E-state index contributed by atoms with van der Waals surface area (Å²) in [5.41, 5.74) is 6.87. The third-order valence-electron chi connectivity index (χ3n) is 2.38. The summed E-state index contributed by atoms with van der Waals surface area (Å²) in [6, 6.07) is 11.8. The van der Waals surface area contributed by atoms with Crippen LogP contribution in [-0.4, -0.2) is 11.2 Å². The molecule has 0 fully saturated rings. The highest BCUT2D eigenvalue weighted by atomic mass is 32.2. The van der Waals surface area contributed by atoms with E-state index in [9.17, 15) is 0 Å². The Kier molecular flexibility index (Phi) is 3.88. The molecule has 1 heterocycles. The molecule has 0 aliphatic carbocycles. The van der Waals surface area contributed by atoms with Crippen molar-refractivity contribution in [3.05, 3.63) is 48.2 Å². The van der Waals surface area contributed by atoms with E-state index in [0.29, 0.717) is 18.2 Å². The molecule has 1 aromatic heterocycles. The van der Waals surface area contributed by atoms with E-state index in [0.717, 1.165) is 5.56 Å². The molecule has 17 heavy (non-hydrogen) atoms. The lowest BCUT2D eigenvalue weighted by atomic mass is 10.2. The van der Waals surface area contributed by atoms with Crippen LogP contribution in [0.4, 0.5) is 5.82 Å². The molecule has 3 nitrogen and oxygen atoms in total. The van der Waals surface area contributed by atoms with Crippen molar-refractivity contribution in [1.29, 1.82) is 0 Å². The van der Waals surface area contributed by atoms with E-state index >= 15 is 0 Å². The summed E-state index contributed by atoms with van der Waals surface area (Å²) < 4.78 is 5.66. The zero-order valence-corrected chi connectivity index (χ0v) is 10.4. The van der Waals surface area contributed by atoms with E-state index in [-0.39, 0.29) is 0 Å². The molecule has 0 amide bonds. The number of nitrogens with two attached hydrogens (primary N) is 1. The fourth-order valence-corrected chi connectivity index (χ4v) is 2.11. The second kappa shape index (κ2) is 5.59. The van der Waals surface area contributed by atoms with Crippen LogP contribution in [0.5, 0.6) is 5.75 Å². The van der Waals surface area contributed by atoms with Crippen LogP contribution in [0, 0.1) is 0 Å². The van der Waals surface area contributed by atoms with Crippen molar-refractivity contribution >= 4 is 17.6 Å². The predicted molar refractivity (Wildman–Crippen MR) is 71.2 cm³/mol. The van der Waals surface area contributed by atoms with E-state index in [1.165, 1.54) is 4.90 Å². The predicted octanol–water partition coefficient (Wildman–Crippen LogP) is 2.96. The maximum absolute atomic E-state index is 5.71. The summed E-state index contributed by atoms with van der Waals surface area (Å²) in [5.74, 6) is 1.05. The number of benzene rings is 1. The molecule has 0 bridgehead atoms. The smallest absolute Gasteiger partial charge is 0.166 e. The molecule has 0 radical (unpaired) electrons. The molecule has 2 rings (SSSR count). The molecule has 0 aliphatic rings. The first kappa shape index (κ1) is 11.8. The largest absolute Gasteiger partial charge is 0.485 e. The van der Waals surface area contributed by atoms with Gasteiger partial charge in [0.2, 0.25) is 0 Å². The summed E-state index contributed by atoms with van der Waals surface area (Å²) >= 11 is 1.71. The van der Waals surface area contributed by atoms with Gasteiger partial charge in [0.1, 0.15) is 6.61 Å². The van der Waals surface area contributed by atoms with Gasteiger partial charge in [-0.05, 0) is 24.5 Å². The highest BCUT2D eigenvalue weighted by Gasteiger charge is 2.03. The van der Waals surface area contributed by atoms with Gasteiger partial charge in [0.05, 0.1) is 0 Å². The Morgan fingerprint density at radius 1 is 1.24 bits per heavy atom. The number of nitrogen functional groups attached to an aromatic ring is 1. The first-order valence-electron chi connectivity index (χ1n) is 5.26. The summed E-state index contributed by atoms with van der Waals surface area (Å²) in [7, 11) is 0. The number of rotatable bonds is 4.